The smallest absolute Gasteiger partial charge is 0.277 e. The Balaban J connectivity index is 1.56. The van der Waals surface area contributed by atoms with Crippen molar-refractivity contribution in [2.45, 2.75) is 6.10 Å². The number of fused-ring (bicyclic) bond motifs is 2. The summed E-state index contributed by atoms with van der Waals surface area (Å²) >= 11 is 0. The van der Waals surface area contributed by atoms with Crippen molar-refractivity contribution in [2.24, 2.45) is 10.9 Å². The van der Waals surface area contributed by atoms with Gasteiger partial charge in [0.25, 0.3) is 5.91 Å². The highest BCUT2D eigenvalue weighted by atomic mass is 32.2. The number of amidine groups is 1. The molecule has 2 aliphatic rings. The zero-order chi connectivity index (χ0) is 25.4. The van der Waals surface area contributed by atoms with E-state index in [-0.39, 0.29) is 22.1 Å². The standard InChI is InChI=1S/C27H22N4O4S/c28-26(29)19-11-13-20(14-12-19)35-24(18-9-5-2-6-10-18)27(32)31-22-16-15-21(17-7-3-1-4-8-17)23(31)25(22)36(30,33)34/h1-16,24H,(H3,28,29)(H2,30,33,34). The number of rotatable bonds is 7. The van der Waals surface area contributed by atoms with Gasteiger partial charge < -0.3 is 10.5 Å². The minimum Gasteiger partial charge on any atom is -0.476 e. The predicted octanol–water partition coefficient (Wildman–Crippen LogP) is 3.41. The molecule has 3 aromatic rings. The molecule has 5 rings (SSSR count). The number of sulfonamides is 1. The first-order valence-electron chi connectivity index (χ1n) is 11.0. The number of amides is 1. The van der Waals surface area contributed by atoms with Crippen LogP contribution in [-0.4, -0.2) is 25.1 Å². The summed E-state index contributed by atoms with van der Waals surface area (Å²) < 4.78 is 31.0. The van der Waals surface area contributed by atoms with Gasteiger partial charge in [0.1, 0.15) is 16.5 Å². The van der Waals surface area contributed by atoms with Gasteiger partial charge in [-0.05, 0) is 35.9 Å². The lowest BCUT2D eigenvalue weighted by atomic mass is 9.90. The number of allylic oxidation sites excluding steroid dienone is 3. The fourth-order valence-electron chi connectivity index (χ4n) is 4.24. The van der Waals surface area contributed by atoms with Crippen molar-refractivity contribution >= 4 is 27.3 Å². The average Bonchev–Trinajstić information content (AvgIpc) is 2.87. The van der Waals surface area contributed by atoms with E-state index >= 15 is 0 Å². The van der Waals surface area contributed by atoms with Crippen molar-refractivity contribution in [1.82, 2.24) is 4.90 Å². The Hall–Kier alpha value is -4.47. The number of nitrogens with zero attached hydrogens (tertiary/aromatic N) is 1. The van der Waals surface area contributed by atoms with Crippen LogP contribution >= 0.6 is 0 Å². The van der Waals surface area contributed by atoms with Gasteiger partial charge in [0.2, 0.25) is 16.1 Å². The summed E-state index contributed by atoms with van der Waals surface area (Å²) in [5.74, 6) is -0.159. The quantitative estimate of drug-likeness (QED) is 0.338. The SMILES string of the molecule is N=C(N)c1ccc(OC(C(=O)N2c3ccc(-c4ccccc4)c2c3S(N)(=O)=O)c2ccccc2)cc1. The van der Waals surface area contributed by atoms with Crippen LogP contribution in [0.2, 0.25) is 0 Å². The van der Waals surface area contributed by atoms with E-state index in [0.717, 1.165) is 5.56 Å². The molecular weight excluding hydrogens is 476 g/mol. The molecule has 1 unspecified atom stereocenters. The van der Waals surface area contributed by atoms with Crippen molar-refractivity contribution in [1.29, 1.82) is 5.41 Å². The molecule has 8 nitrogen and oxygen atoms in total. The van der Waals surface area contributed by atoms with E-state index in [0.29, 0.717) is 22.4 Å². The zero-order valence-electron chi connectivity index (χ0n) is 19.0. The number of hydrogen-bond donors (Lipinski definition) is 3. The van der Waals surface area contributed by atoms with Crippen LogP contribution in [-0.2, 0) is 14.8 Å². The van der Waals surface area contributed by atoms with Crippen molar-refractivity contribution in [3.63, 3.8) is 0 Å². The molecule has 0 aliphatic carbocycles. The third-order valence-electron chi connectivity index (χ3n) is 5.91. The maximum absolute atomic E-state index is 14.0. The molecular formula is C27H22N4O4S. The van der Waals surface area contributed by atoms with E-state index in [1.165, 1.54) is 4.90 Å². The summed E-state index contributed by atoms with van der Waals surface area (Å²) in [7, 11) is -4.09. The Kier molecular flexibility index (Phi) is 5.79. The second kappa shape index (κ2) is 8.95. The molecule has 3 aromatic carbocycles. The second-order valence-electron chi connectivity index (χ2n) is 8.24. The van der Waals surface area contributed by atoms with E-state index < -0.39 is 22.0 Å². The number of carbonyl (C=O) groups excluding carboxylic acids is 1. The van der Waals surface area contributed by atoms with Gasteiger partial charge in [0.15, 0.2) is 0 Å². The molecule has 0 spiro atoms. The van der Waals surface area contributed by atoms with Gasteiger partial charge in [-0.1, -0.05) is 66.7 Å². The largest absolute Gasteiger partial charge is 0.476 e. The molecule has 36 heavy (non-hydrogen) atoms. The summed E-state index contributed by atoms with van der Waals surface area (Å²) in [4.78, 5) is 15.3. The van der Waals surface area contributed by atoms with Gasteiger partial charge in [-0.2, -0.15) is 0 Å². The number of hydrogen-bond acceptors (Lipinski definition) is 5. The van der Waals surface area contributed by atoms with Gasteiger partial charge in [0, 0.05) is 16.7 Å². The molecule has 0 saturated heterocycles. The van der Waals surface area contributed by atoms with Crippen LogP contribution in [0.15, 0.2) is 113 Å². The fourth-order valence-corrected chi connectivity index (χ4v) is 5.16. The Morgan fingerprint density at radius 1 is 0.889 bits per heavy atom. The molecule has 2 bridgehead atoms. The van der Waals surface area contributed by atoms with E-state index in [4.69, 9.17) is 21.0 Å². The highest BCUT2D eigenvalue weighted by molar-refractivity contribution is 7.93. The van der Waals surface area contributed by atoms with Crippen LogP contribution in [0.5, 0.6) is 5.75 Å². The number of benzene rings is 3. The number of primary sulfonamides is 1. The molecule has 0 saturated carbocycles. The summed E-state index contributed by atoms with van der Waals surface area (Å²) in [6, 6.07) is 24.6. The maximum Gasteiger partial charge on any atom is 0.277 e. The molecule has 2 heterocycles. The molecule has 1 amide bonds. The first-order valence-corrected chi connectivity index (χ1v) is 12.6. The Morgan fingerprint density at radius 3 is 2.08 bits per heavy atom. The summed E-state index contributed by atoms with van der Waals surface area (Å²) in [6.45, 7) is 0. The van der Waals surface area contributed by atoms with E-state index in [2.05, 4.69) is 0 Å². The first kappa shape index (κ1) is 23.3. The lowest BCUT2D eigenvalue weighted by Crippen LogP contribution is -2.47. The van der Waals surface area contributed by atoms with Crippen LogP contribution in [0, 0.1) is 5.41 Å². The number of carbonyl (C=O) groups is 1. The van der Waals surface area contributed by atoms with Crippen LogP contribution in [0.1, 0.15) is 22.8 Å². The van der Waals surface area contributed by atoms with Gasteiger partial charge in [-0.25, -0.2) is 13.6 Å². The Morgan fingerprint density at radius 2 is 1.50 bits per heavy atom. The van der Waals surface area contributed by atoms with E-state index in [1.807, 2.05) is 36.4 Å². The maximum atomic E-state index is 14.0. The molecule has 0 aromatic heterocycles. The Labute approximate surface area is 208 Å². The van der Waals surface area contributed by atoms with Crippen molar-refractivity contribution < 1.29 is 17.9 Å². The minimum atomic E-state index is -4.09. The van der Waals surface area contributed by atoms with E-state index in [1.54, 1.807) is 60.7 Å². The van der Waals surface area contributed by atoms with Gasteiger partial charge >= 0.3 is 0 Å². The normalized spacial score (nSPS) is 15.4. The third-order valence-corrected chi connectivity index (χ3v) is 6.88. The summed E-state index contributed by atoms with van der Waals surface area (Å²) in [5.41, 5.74) is 8.39. The van der Waals surface area contributed by atoms with Crippen LogP contribution < -0.4 is 15.6 Å². The topological polar surface area (TPSA) is 140 Å². The average molecular weight is 499 g/mol. The van der Waals surface area contributed by atoms with Crippen molar-refractivity contribution in [3.05, 3.63) is 130 Å². The minimum absolute atomic E-state index is 0.0742. The number of nitrogen functional groups attached to an aromatic ring is 1. The van der Waals surface area contributed by atoms with Crippen molar-refractivity contribution in [2.75, 3.05) is 0 Å². The van der Waals surface area contributed by atoms with Crippen LogP contribution in [0.3, 0.4) is 0 Å². The predicted molar refractivity (Wildman–Crippen MR) is 137 cm³/mol. The second-order valence-corrected chi connectivity index (χ2v) is 9.74. The monoisotopic (exact) mass is 498 g/mol. The van der Waals surface area contributed by atoms with Crippen LogP contribution in [0.4, 0.5) is 0 Å². The van der Waals surface area contributed by atoms with Crippen molar-refractivity contribution in [3.8, 4) is 5.75 Å². The van der Waals surface area contributed by atoms with Gasteiger partial charge in [-0.3, -0.25) is 15.1 Å². The van der Waals surface area contributed by atoms with E-state index in [9.17, 15) is 13.2 Å². The number of nitrogens with two attached hydrogens (primary N) is 2. The zero-order valence-corrected chi connectivity index (χ0v) is 19.8. The summed E-state index contributed by atoms with van der Waals surface area (Å²) in [5, 5.41) is 13.1. The molecule has 2 aliphatic heterocycles. The highest BCUT2D eigenvalue weighted by Crippen LogP contribution is 2.49. The molecule has 1 atom stereocenters. The molecule has 9 heteroatoms. The lowest BCUT2D eigenvalue weighted by Gasteiger charge is -2.43. The van der Waals surface area contributed by atoms with Gasteiger partial charge in [-0.15, -0.1) is 0 Å². The molecule has 5 N–H and O–H groups in total. The number of ether oxygens (including phenoxy) is 1. The Bertz CT molecular complexity index is 1560. The lowest BCUT2D eigenvalue weighted by molar-refractivity contribution is -0.135. The van der Waals surface area contributed by atoms with Gasteiger partial charge in [0.05, 0.1) is 11.4 Å². The molecule has 0 radical (unpaired) electrons. The number of nitrogens with one attached hydrogen (secondary N) is 1. The molecule has 180 valence electrons. The van der Waals surface area contributed by atoms with Crippen LogP contribution in [0.25, 0.3) is 5.57 Å². The summed E-state index contributed by atoms with van der Waals surface area (Å²) in [6.07, 6.45) is 2.28. The molecule has 0 fully saturated rings. The fraction of sp³-hybridized carbons (Fsp3) is 0.0370. The third kappa shape index (κ3) is 4.10. The highest BCUT2D eigenvalue weighted by Gasteiger charge is 2.48. The first-order chi connectivity index (χ1) is 17.3.